The average molecular weight is 681 g/mol. The van der Waals surface area contributed by atoms with Gasteiger partial charge in [-0.05, 0) is 101 Å². The number of anilines is 1. The number of nitrogens with zero attached hydrogens (tertiary/aromatic N) is 1. The van der Waals surface area contributed by atoms with Gasteiger partial charge < -0.3 is 45.3 Å². The lowest BCUT2D eigenvalue weighted by Crippen LogP contribution is -2.36. The highest BCUT2D eigenvalue weighted by Gasteiger charge is 2.37. The van der Waals surface area contributed by atoms with Crippen molar-refractivity contribution in [3.8, 4) is 5.75 Å². The number of carbonyl (C=O) groups excluding carboxylic acids is 3. The first-order chi connectivity index (χ1) is 23.4. The molecular weight excluding hydrogens is 632 g/mol. The van der Waals surface area contributed by atoms with Gasteiger partial charge in [0.2, 0.25) is 0 Å². The third-order valence-electron chi connectivity index (χ3n) is 8.50. The first kappa shape index (κ1) is 38.6. The Bertz CT molecular complexity index is 1510. The summed E-state index contributed by atoms with van der Waals surface area (Å²) in [7, 11) is 4.30. The molecular formula is C36H48N4O9. The number of carboxylic acids is 1. The molecule has 2 aromatic carbocycles. The standard InChI is InChI=1S/C33H42N4O6.C3H6O3/c1-21-28(31(38)42-4)30(29(22(2)35-21)32(39)43-5)25-10-6-11-26(19-25)36-33(40)34-15-8-16-37-17-13-23(14-18-37)24-9-7-12-27(20-24)41-3;1-2(4)3(5)6/h6-7,9-12,19-20,23,30,35H,8,13-18H2,1-5H3,(H2,34,36,40);2,4H,1H3,(H,5,6)/t;2-/m.1/s1. The fourth-order valence-electron chi connectivity index (χ4n) is 5.95. The van der Waals surface area contributed by atoms with Crippen LogP contribution in [0.2, 0.25) is 0 Å². The number of methoxy groups -OCH3 is 3. The van der Waals surface area contributed by atoms with E-state index in [0.717, 1.165) is 44.6 Å². The molecule has 0 radical (unpaired) electrons. The summed E-state index contributed by atoms with van der Waals surface area (Å²) in [6.45, 7) is 8.23. The minimum Gasteiger partial charge on any atom is -0.497 e. The van der Waals surface area contributed by atoms with Crippen molar-refractivity contribution in [2.75, 3.05) is 52.8 Å². The van der Waals surface area contributed by atoms with Crippen LogP contribution in [0, 0.1) is 0 Å². The van der Waals surface area contributed by atoms with E-state index >= 15 is 0 Å². The van der Waals surface area contributed by atoms with Crippen molar-refractivity contribution in [2.24, 2.45) is 0 Å². The first-order valence-corrected chi connectivity index (χ1v) is 16.2. The summed E-state index contributed by atoms with van der Waals surface area (Å²) in [5.41, 5.74) is 4.31. The van der Waals surface area contributed by atoms with Crippen LogP contribution in [0.25, 0.3) is 0 Å². The van der Waals surface area contributed by atoms with Crippen LogP contribution in [0.15, 0.2) is 71.1 Å². The number of amides is 2. The summed E-state index contributed by atoms with van der Waals surface area (Å²) in [6.07, 6.45) is 1.82. The van der Waals surface area contributed by atoms with E-state index in [4.69, 9.17) is 24.4 Å². The van der Waals surface area contributed by atoms with E-state index in [-0.39, 0.29) is 6.03 Å². The molecule has 5 N–H and O–H groups in total. The van der Waals surface area contributed by atoms with Crippen LogP contribution in [-0.2, 0) is 23.9 Å². The maximum atomic E-state index is 12.8. The molecule has 1 atom stereocenters. The van der Waals surface area contributed by atoms with E-state index in [1.54, 1.807) is 39.2 Å². The van der Waals surface area contributed by atoms with Crippen LogP contribution in [0.5, 0.6) is 5.75 Å². The first-order valence-electron chi connectivity index (χ1n) is 16.2. The van der Waals surface area contributed by atoms with Gasteiger partial charge in [-0.15, -0.1) is 0 Å². The third kappa shape index (κ3) is 10.8. The Labute approximate surface area is 287 Å². The second-order valence-electron chi connectivity index (χ2n) is 11.9. The highest BCUT2D eigenvalue weighted by Crippen LogP contribution is 2.40. The zero-order chi connectivity index (χ0) is 36.1. The van der Waals surface area contributed by atoms with Crippen LogP contribution in [0.3, 0.4) is 0 Å². The Morgan fingerprint density at radius 1 is 0.918 bits per heavy atom. The van der Waals surface area contributed by atoms with Crippen LogP contribution in [0.1, 0.15) is 63.0 Å². The Morgan fingerprint density at radius 2 is 1.49 bits per heavy atom. The summed E-state index contributed by atoms with van der Waals surface area (Å²) >= 11 is 0. The van der Waals surface area contributed by atoms with E-state index in [0.29, 0.717) is 46.3 Å². The zero-order valence-electron chi connectivity index (χ0n) is 29.0. The molecule has 13 heteroatoms. The molecule has 13 nitrogen and oxygen atoms in total. The number of dihydropyridines is 1. The van der Waals surface area contributed by atoms with Gasteiger partial charge in [-0.2, -0.15) is 0 Å². The number of benzene rings is 2. The van der Waals surface area contributed by atoms with Gasteiger partial charge in [0.25, 0.3) is 0 Å². The van der Waals surface area contributed by atoms with E-state index < -0.39 is 29.9 Å². The van der Waals surface area contributed by atoms with Crippen LogP contribution < -0.4 is 20.7 Å². The Balaban J connectivity index is 0.000000992. The zero-order valence-corrected chi connectivity index (χ0v) is 29.0. The number of rotatable bonds is 11. The number of piperidine rings is 1. The van der Waals surface area contributed by atoms with Crippen LogP contribution in [0.4, 0.5) is 10.5 Å². The van der Waals surface area contributed by atoms with Crippen molar-refractivity contribution in [2.45, 2.75) is 58.0 Å². The molecule has 4 rings (SSSR count). The molecule has 1 saturated heterocycles. The topological polar surface area (TPSA) is 176 Å². The number of aliphatic hydroxyl groups is 1. The molecule has 266 valence electrons. The summed E-state index contributed by atoms with van der Waals surface area (Å²) in [5, 5.41) is 24.7. The van der Waals surface area contributed by atoms with E-state index in [1.165, 1.54) is 26.7 Å². The normalized spacial score (nSPS) is 16.1. The van der Waals surface area contributed by atoms with Gasteiger partial charge in [0.05, 0.1) is 38.4 Å². The summed E-state index contributed by atoms with van der Waals surface area (Å²) in [5.74, 6) is -1.57. The number of hydrogen-bond acceptors (Lipinski definition) is 10. The minimum atomic E-state index is -1.23. The number of carboxylic acid groups (broad SMARTS) is 1. The van der Waals surface area contributed by atoms with Gasteiger partial charge in [0.15, 0.2) is 0 Å². The van der Waals surface area contributed by atoms with E-state index in [1.807, 2.05) is 12.1 Å². The molecule has 1 fully saturated rings. The number of likely N-dealkylation sites (tertiary alicyclic amines) is 1. The molecule has 0 unspecified atom stereocenters. The smallest absolute Gasteiger partial charge is 0.336 e. The average Bonchev–Trinajstić information content (AvgIpc) is 3.09. The van der Waals surface area contributed by atoms with Crippen molar-refractivity contribution in [3.05, 3.63) is 82.2 Å². The van der Waals surface area contributed by atoms with Crippen molar-refractivity contribution in [3.63, 3.8) is 0 Å². The molecule has 2 aliphatic rings. The monoisotopic (exact) mass is 680 g/mol. The maximum Gasteiger partial charge on any atom is 0.336 e. The highest BCUT2D eigenvalue weighted by atomic mass is 16.5. The molecule has 49 heavy (non-hydrogen) atoms. The van der Waals surface area contributed by atoms with Gasteiger partial charge >= 0.3 is 23.9 Å². The fourth-order valence-corrected chi connectivity index (χ4v) is 5.95. The number of nitrogens with one attached hydrogen (secondary N) is 3. The second kappa shape index (κ2) is 18.6. The maximum absolute atomic E-state index is 12.8. The predicted octanol–water partition coefficient (Wildman–Crippen LogP) is 4.12. The Kier molecular flexibility index (Phi) is 14.6. The largest absolute Gasteiger partial charge is 0.497 e. The summed E-state index contributed by atoms with van der Waals surface area (Å²) < 4.78 is 15.4. The lowest BCUT2D eigenvalue weighted by molar-refractivity contribution is -0.145. The SMILES string of the molecule is COC(=O)C1=C(C)NC(C)=C(C(=O)OC)C1c1cccc(NC(=O)NCCCN2CCC(c3cccc(OC)c3)CC2)c1.C[C@@H](O)C(=O)O. The van der Waals surface area contributed by atoms with Crippen molar-refractivity contribution in [1.29, 1.82) is 0 Å². The molecule has 0 aromatic heterocycles. The van der Waals surface area contributed by atoms with Crippen LogP contribution >= 0.6 is 0 Å². The molecule has 2 aliphatic heterocycles. The quantitative estimate of drug-likeness (QED) is 0.171. The summed E-state index contributed by atoms with van der Waals surface area (Å²) in [6, 6.07) is 15.1. The van der Waals surface area contributed by atoms with Crippen molar-refractivity contribution >= 4 is 29.6 Å². The lowest BCUT2D eigenvalue weighted by atomic mass is 9.80. The lowest BCUT2D eigenvalue weighted by Gasteiger charge is -2.32. The molecule has 0 saturated carbocycles. The number of carbonyl (C=O) groups is 4. The van der Waals surface area contributed by atoms with Gasteiger partial charge in [-0.3, -0.25) is 0 Å². The van der Waals surface area contributed by atoms with Crippen LogP contribution in [-0.4, -0.2) is 92.7 Å². The van der Waals surface area contributed by atoms with Gasteiger partial charge in [0.1, 0.15) is 11.9 Å². The van der Waals surface area contributed by atoms with Gasteiger partial charge in [0, 0.05) is 23.6 Å². The summed E-state index contributed by atoms with van der Waals surface area (Å²) in [4.78, 5) is 50.2. The number of allylic oxidation sites excluding steroid dienone is 2. The number of urea groups is 1. The number of ether oxygens (including phenoxy) is 3. The van der Waals surface area contributed by atoms with E-state index in [9.17, 15) is 19.2 Å². The minimum absolute atomic E-state index is 0.308. The van der Waals surface area contributed by atoms with Crippen molar-refractivity contribution < 1.29 is 43.6 Å². The molecule has 2 aromatic rings. The Morgan fingerprint density at radius 3 is 2.04 bits per heavy atom. The highest BCUT2D eigenvalue weighted by molar-refractivity contribution is 6.00. The van der Waals surface area contributed by atoms with Crippen molar-refractivity contribution in [1.82, 2.24) is 15.5 Å². The van der Waals surface area contributed by atoms with Gasteiger partial charge in [-0.1, -0.05) is 24.3 Å². The van der Waals surface area contributed by atoms with Gasteiger partial charge in [-0.25, -0.2) is 19.2 Å². The Hall–Kier alpha value is -4.88. The number of hydrogen-bond donors (Lipinski definition) is 5. The fraction of sp³-hybridized carbons (Fsp3) is 0.444. The molecule has 2 heterocycles. The number of aliphatic carboxylic acids is 1. The second-order valence-corrected chi connectivity index (χ2v) is 11.9. The molecule has 0 aliphatic carbocycles. The van der Waals surface area contributed by atoms with E-state index in [2.05, 4.69) is 39.0 Å². The third-order valence-corrected chi connectivity index (χ3v) is 8.50. The molecule has 2 amide bonds. The predicted molar refractivity (Wildman–Crippen MR) is 184 cm³/mol. The number of esters is 2. The number of aliphatic hydroxyl groups excluding tert-OH is 1. The molecule has 0 spiro atoms. The molecule has 0 bridgehead atoms.